The van der Waals surface area contributed by atoms with Crippen molar-refractivity contribution in [1.29, 1.82) is 0 Å². The summed E-state index contributed by atoms with van der Waals surface area (Å²) < 4.78 is 11.6. The monoisotopic (exact) mass is 433 g/mol. The topological polar surface area (TPSA) is 82.5 Å². The van der Waals surface area contributed by atoms with Gasteiger partial charge in [0.25, 0.3) is 5.56 Å². The number of ether oxygens (including phenoxy) is 2. The third-order valence-corrected chi connectivity index (χ3v) is 4.59. The van der Waals surface area contributed by atoms with E-state index in [1.54, 1.807) is 43.5 Å². The number of halogens is 2. The largest absolute Gasteiger partial charge is 0.493 e. The number of rotatable bonds is 6. The Kier molecular flexibility index (Phi) is 6.41. The molecule has 3 aromatic rings. The zero-order chi connectivity index (χ0) is 21.0. The number of hydrogen-bond acceptors (Lipinski definition) is 5. The highest BCUT2D eigenvalue weighted by Crippen LogP contribution is 2.31. The number of amides is 1. The van der Waals surface area contributed by atoms with Crippen LogP contribution in [0.15, 0.2) is 53.3 Å². The summed E-state index contributed by atoms with van der Waals surface area (Å²) in [6.07, 6.45) is 0. The zero-order valence-electron chi connectivity index (χ0n) is 15.6. The van der Waals surface area contributed by atoms with Gasteiger partial charge in [-0.3, -0.25) is 9.59 Å². The van der Waals surface area contributed by atoms with Crippen molar-refractivity contribution >= 4 is 34.8 Å². The smallest absolute Gasteiger partial charge is 0.267 e. The Morgan fingerprint density at radius 3 is 2.48 bits per heavy atom. The Morgan fingerprint density at radius 1 is 1.03 bits per heavy atom. The fourth-order valence-corrected chi connectivity index (χ4v) is 3.08. The Morgan fingerprint density at radius 2 is 1.79 bits per heavy atom. The molecule has 7 nitrogen and oxygen atoms in total. The fourth-order valence-electron chi connectivity index (χ4n) is 2.63. The lowest BCUT2D eigenvalue weighted by molar-refractivity contribution is -0.117. The van der Waals surface area contributed by atoms with Gasteiger partial charge < -0.3 is 14.8 Å². The van der Waals surface area contributed by atoms with E-state index in [2.05, 4.69) is 10.4 Å². The number of hydrogen-bond donors (Lipinski definition) is 1. The molecule has 0 fully saturated rings. The molecule has 1 N–H and O–H groups in total. The van der Waals surface area contributed by atoms with Crippen molar-refractivity contribution < 1.29 is 14.3 Å². The van der Waals surface area contributed by atoms with E-state index in [9.17, 15) is 9.59 Å². The Bertz CT molecular complexity index is 1120. The zero-order valence-corrected chi connectivity index (χ0v) is 17.1. The summed E-state index contributed by atoms with van der Waals surface area (Å²) in [5.41, 5.74) is 1.19. The van der Waals surface area contributed by atoms with Crippen LogP contribution in [0.3, 0.4) is 0 Å². The van der Waals surface area contributed by atoms with Crippen molar-refractivity contribution in [1.82, 2.24) is 9.78 Å². The van der Waals surface area contributed by atoms with E-state index in [-0.39, 0.29) is 6.54 Å². The first-order valence-corrected chi connectivity index (χ1v) is 9.22. The van der Waals surface area contributed by atoms with Crippen LogP contribution >= 0.6 is 23.2 Å². The van der Waals surface area contributed by atoms with E-state index >= 15 is 0 Å². The summed E-state index contributed by atoms with van der Waals surface area (Å²) >= 11 is 11.9. The molecule has 0 spiro atoms. The van der Waals surface area contributed by atoms with Gasteiger partial charge >= 0.3 is 0 Å². The minimum atomic E-state index is -0.451. The van der Waals surface area contributed by atoms with E-state index in [0.717, 1.165) is 4.68 Å². The van der Waals surface area contributed by atoms with Gasteiger partial charge in [0, 0.05) is 16.7 Å². The van der Waals surface area contributed by atoms with Gasteiger partial charge in [0.05, 0.1) is 30.6 Å². The van der Waals surface area contributed by atoms with Crippen molar-refractivity contribution in [3.05, 3.63) is 68.9 Å². The molecule has 150 valence electrons. The van der Waals surface area contributed by atoms with Gasteiger partial charge in [0.2, 0.25) is 5.91 Å². The summed E-state index contributed by atoms with van der Waals surface area (Å²) in [7, 11) is 3.07. The lowest BCUT2D eigenvalue weighted by Gasteiger charge is -2.11. The van der Waals surface area contributed by atoms with Gasteiger partial charge in [-0.05, 0) is 42.5 Å². The number of methoxy groups -OCH3 is 2. The Hall–Kier alpha value is -3.03. The average molecular weight is 434 g/mol. The van der Waals surface area contributed by atoms with Crippen LogP contribution in [0.2, 0.25) is 10.0 Å². The molecular formula is C20H17Cl2N3O4. The normalized spacial score (nSPS) is 10.5. The molecule has 1 aromatic heterocycles. The van der Waals surface area contributed by atoms with E-state index in [0.29, 0.717) is 38.5 Å². The van der Waals surface area contributed by atoms with Crippen molar-refractivity contribution in [3.8, 4) is 22.8 Å². The highest BCUT2D eigenvalue weighted by atomic mass is 35.5. The van der Waals surface area contributed by atoms with E-state index < -0.39 is 11.5 Å². The second-order valence-corrected chi connectivity index (χ2v) is 6.80. The van der Waals surface area contributed by atoms with Crippen LogP contribution in [0.1, 0.15) is 0 Å². The molecule has 0 bridgehead atoms. The van der Waals surface area contributed by atoms with E-state index in [4.69, 9.17) is 32.7 Å². The maximum atomic E-state index is 12.4. The van der Waals surface area contributed by atoms with Crippen LogP contribution in [-0.4, -0.2) is 29.9 Å². The number of anilines is 1. The molecule has 1 amide bonds. The minimum absolute atomic E-state index is 0.279. The predicted molar refractivity (Wildman–Crippen MR) is 112 cm³/mol. The molecule has 9 heteroatoms. The van der Waals surface area contributed by atoms with Crippen LogP contribution < -0.4 is 20.3 Å². The predicted octanol–water partition coefficient (Wildman–Crippen LogP) is 3.87. The van der Waals surface area contributed by atoms with Crippen LogP contribution in [0.5, 0.6) is 11.5 Å². The molecule has 0 saturated carbocycles. The number of benzene rings is 2. The number of carbonyl (C=O) groups excluding carboxylic acids is 1. The number of nitrogens with zero attached hydrogens (tertiary/aromatic N) is 2. The summed E-state index contributed by atoms with van der Waals surface area (Å²) in [5.74, 6) is 0.650. The first-order valence-electron chi connectivity index (χ1n) is 8.46. The molecule has 0 radical (unpaired) electrons. The van der Waals surface area contributed by atoms with Crippen molar-refractivity contribution in [2.24, 2.45) is 0 Å². The SMILES string of the molecule is COc1ccc(-c2ccc(=O)n(CC(=O)Nc3ccc(Cl)cc3Cl)n2)cc1OC. The molecule has 3 rings (SSSR count). The first kappa shape index (κ1) is 20.7. The number of nitrogens with one attached hydrogen (secondary N) is 1. The Labute approximate surface area is 176 Å². The summed E-state index contributed by atoms with van der Waals surface area (Å²) in [4.78, 5) is 24.5. The molecule has 0 saturated heterocycles. The molecule has 2 aromatic carbocycles. The molecule has 1 heterocycles. The molecule has 0 aliphatic heterocycles. The van der Waals surface area contributed by atoms with Gasteiger partial charge in [-0.25, -0.2) is 4.68 Å². The van der Waals surface area contributed by atoms with Crippen molar-refractivity contribution in [2.45, 2.75) is 6.54 Å². The molecule has 0 unspecified atom stereocenters. The van der Waals surface area contributed by atoms with Gasteiger partial charge in [-0.1, -0.05) is 23.2 Å². The molecular weight excluding hydrogens is 417 g/mol. The molecule has 0 atom stereocenters. The second-order valence-electron chi connectivity index (χ2n) is 5.96. The van der Waals surface area contributed by atoms with Crippen LogP contribution in [-0.2, 0) is 11.3 Å². The van der Waals surface area contributed by atoms with E-state index in [1.807, 2.05) is 0 Å². The average Bonchev–Trinajstić information content (AvgIpc) is 2.71. The van der Waals surface area contributed by atoms with Crippen LogP contribution in [0.4, 0.5) is 5.69 Å². The summed E-state index contributed by atoms with van der Waals surface area (Å²) in [6.45, 7) is -0.279. The lowest BCUT2D eigenvalue weighted by atomic mass is 10.1. The summed E-state index contributed by atoms with van der Waals surface area (Å²) in [6, 6.07) is 12.9. The van der Waals surface area contributed by atoms with Gasteiger partial charge in [-0.2, -0.15) is 5.10 Å². The van der Waals surface area contributed by atoms with Crippen LogP contribution in [0, 0.1) is 0 Å². The van der Waals surface area contributed by atoms with Crippen molar-refractivity contribution in [2.75, 3.05) is 19.5 Å². The number of aromatic nitrogens is 2. The standard InChI is InChI=1S/C20H17Cl2N3O4/c1-28-17-7-3-12(9-18(17)29-2)15-6-8-20(27)25(24-15)11-19(26)23-16-5-4-13(21)10-14(16)22/h3-10H,11H2,1-2H3,(H,23,26). The molecule has 29 heavy (non-hydrogen) atoms. The lowest BCUT2D eigenvalue weighted by Crippen LogP contribution is -2.29. The third kappa shape index (κ3) is 4.88. The minimum Gasteiger partial charge on any atom is -0.493 e. The van der Waals surface area contributed by atoms with Crippen molar-refractivity contribution in [3.63, 3.8) is 0 Å². The number of carbonyl (C=O) groups is 1. The van der Waals surface area contributed by atoms with Gasteiger partial charge in [0.15, 0.2) is 11.5 Å². The first-order chi connectivity index (χ1) is 13.9. The molecule has 0 aliphatic carbocycles. The quantitative estimate of drug-likeness (QED) is 0.637. The third-order valence-electron chi connectivity index (χ3n) is 4.04. The highest BCUT2D eigenvalue weighted by molar-refractivity contribution is 6.36. The maximum absolute atomic E-state index is 12.4. The maximum Gasteiger partial charge on any atom is 0.267 e. The van der Waals surface area contributed by atoms with Crippen LogP contribution in [0.25, 0.3) is 11.3 Å². The van der Waals surface area contributed by atoms with E-state index in [1.165, 1.54) is 19.2 Å². The highest BCUT2D eigenvalue weighted by Gasteiger charge is 2.12. The van der Waals surface area contributed by atoms with Gasteiger partial charge in [0.1, 0.15) is 6.54 Å². The Balaban J connectivity index is 1.84. The summed E-state index contributed by atoms with van der Waals surface area (Å²) in [5, 5.41) is 7.67. The fraction of sp³-hybridized carbons (Fsp3) is 0.150. The van der Waals surface area contributed by atoms with Gasteiger partial charge in [-0.15, -0.1) is 0 Å². The second kappa shape index (κ2) is 8.98. The molecule has 0 aliphatic rings.